The van der Waals surface area contributed by atoms with Crippen molar-refractivity contribution in [3.63, 3.8) is 0 Å². The van der Waals surface area contributed by atoms with Gasteiger partial charge in [0.2, 0.25) is 0 Å². The molecule has 0 radical (unpaired) electrons. The average molecular weight is 300 g/mol. The second-order valence-corrected chi connectivity index (χ2v) is 5.88. The van der Waals surface area contributed by atoms with Gasteiger partial charge in [-0.25, -0.2) is 4.39 Å². The normalized spacial score (nSPS) is 20.9. The molecule has 0 spiro atoms. The summed E-state index contributed by atoms with van der Waals surface area (Å²) in [5.41, 5.74) is 0.682. The van der Waals surface area contributed by atoms with Crippen LogP contribution in [0.3, 0.4) is 0 Å². The topological polar surface area (TPSA) is 21.3 Å². The van der Waals surface area contributed by atoms with Crippen LogP contribution < -0.4 is 5.32 Å². The van der Waals surface area contributed by atoms with Crippen molar-refractivity contribution in [2.45, 2.75) is 50.7 Å². The Labute approximate surface area is 125 Å². The second kappa shape index (κ2) is 7.96. The number of nitrogens with one attached hydrogen (secondary N) is 1. The quantitative estimate of drug-likeness (QED) is 0.858. The molecule has 4 heteroatoms. The molecule has 1 aliphatic rings. The zero-order valence-corrected chi connectivity index (χ0v) is 12.8. The van der Waals surface area contributed by atoms with Crippen LogP contribution in [0.15, 0.2) is 18.2 Å². The third kappa shape index (κ3) is 4.44. The fraction of sp³-hybridized carbons (Fsp3) is 0.625. The molecule has 1 fully saturated rings. The van der Waals surface area contributed by atoms with Gasteiger partial charge >= 0.3 is 0 Å². The first-order chi connectivity index (χ1) is 9.70. The third-order valence-electron chi connectivity index (χ3n) is 4.02. The minimum absolute atomic E-state index is 0.202. The Morgan fingerprint density at radius 1 is 1.45 bits per heavy atom. The van der Waals surface area contributed by atoms with Crippen molar-refractivity contribution in [3.8, 4) is 0 Å². The second-order valence-electron chi connectivity index (χ2n) is 5.47. The first-order valence-electron chi connectivity index (χ1n) is 7.42. The number of benzene rings is 1. The van der Waals surface area contributed by atoms with E-state index in [1.807, 2.05) is 13.1 Å². The van der Waals surface area contributed by atoms with Crippen LogP contribution in [0.1, 0.15) is 37.7 Å². The van der Waals surface area contributed by atoms with Gasteiger partial charge in [0.15, 0.2) is 0 Å². The molecule has 0 aromatic heterocycles. The molecule has 1 N–H and O–H groups in total. The SMILES string of the molecule is CNC(CCC1CCCCO1)Cc1cccc(Cl)c1F. The smallest absolute Gasteiger partial charge is 0.145 e. The predicted octanol–water partition coefficient (Wildman–Crippen LogP) is 3.96. The molecule has 112 valence electrons. The maximum Gasteiger partial charge on any atom is 0.145 e. The summed E-state index contributed by atoms with van der Waals surface area (Å²) >= 11 is 5.82. The Morgan fingerprint density at radius 3 is 3.00 bits per heavy atom. The third-order valence-corrected chi connectivity index (χ3v) is 4.31. The molecular formula is C16H23ClFNO. The lowest BCUT2D eigenvalue weighted by molar-refractivity contribution is 0.00869. The zero-order valence-electron chi connectivity index (χ0n) is 12.0. The van der Waals surface area contributed by atoms with Crippen molar-refractivity contribution < 1.29 is 9.13 Å². The van der Waals surface area contributed by atoms with Crippen molar-refractivity contribution in [1.82, 2.24) is 5.32 Å². The lowest BCUT2D eigenvalue weighted by atomic mass is 9.97. The monoisotopic (exact) mass is 299 g/mol. The van der Waals surface area contributed by atoms with E-state index in [4.69, 9.17) is 16.3 Å². The van der Waals surface area contributed by atoms with Crippen LogP contribution in [0.2, 0.25) is 5.02 Å². The average Bonchev–Trinajstić information content (AvgIpc) is 2.49. The van der Waals surface area contributed by atoms with E-state index in [0.29, 0.717) is 18.1 Å². The molecule has 0 aliphatic carbocycles. The molecule has 20 heavy (non-hydrogen) atoms. The standard InChI is InChI=1S/C16H23ClFNO/c1-19-13(8-9-14-6-2-3-10-20-14)11-12-5-4-7-15(17)16(12)18/h4-5,7,13-14,19H,2-3,6,8-11H2,1H3. The van der Waals surface area contributed by atoms with Gasteiger partial charge in [0.25, 0.3) is 0 Å². The van der Waals surface area contributed by atoms with Crippen molar-refractivity contribution in [3.05, 3.63) is 34.6 Å². The number of rotatable bonds is 6. The number of ether oxygens (including phenoxy) is 1. The summed E-state index contributed by atoms with van der Waals surface area (Å²) in [6, 6.07) is 5.46. The fourth-order valence-electron chi connectivity index (χ4n) is 2.74. The van der Waals surface area contributed by atoms with E-state index in [-0.39, 0.29) is 16.9 Å². The van der Waals surface area contributed by atoms with Gasteiger partial charge in [0.1, 0.15) is 5.82 Å². The van der Waals surface area contributed by atoms with Gasteiger partial charge in [-0.05, 0) is 57.2 Å². The highest BCUT2D eigenvalue weighted by molar-refractivity contribution is 6.30. The summed E-state index contributed by atoms with van der Waals surface area (Å²) in [5.74, 6) is -0.289. The largest absolute Gasteiger partial charge is 0.378 e. The van der Waals surface area contributed by atoms with Gasteiger partial charge < -0.3 is 10.1 Å². The van der Waals surface area contributed by atoms with Crippen LogP contribution in [-0.2, 0) is 11.2 Å². The fourth-order valence-corrected chi connectivity index (χ4v) is 2.94. The summed E-state index contributed by atoms with van der Waals surface area (Å²) in [6.07, 6.45) is 6.67. The maximum absolute atomic E-state index is 13.9. The Bertz CT molecular complexity index is 421. The molecular weight excluding hydrogens is 277 g/mol. The first kappa shape index (κ1) is 15.7. The summed E-state index contributed by atoms with van der Waals surface area (Å²) in [6.45, 7) is 0.887. The van der Waals surface area contributed by atoms with E-state index in [0.717, 1.165) is 25.9 Å². The Balaban J connectivity index is 1.86. The summed E-state index contributed by atoms with van der Waals surface area (Å²) < 4.78 is 19.7. The first-order valence-corrected chi connectivity index (χ1v) is 7.80. The molecule has 1 aliphatic heterocycles. The van der Waals surface area contributed by atoms with Gasteiger partial charge in [0.05, 0.1) is 11.1 Å². The van der Waals surface area contributed by atoms with E-state index >= 15 is 0 Å². The Morgan fingerprint density at radius 2 is 2.30 bits per heavy atom. The van der Waals surface area contributed by atoms with Crippen LogP contribution in [0.25, 0.3) is 0 Å². The molecule has 2 atom stereocenters. The zero-order chi connectivity index (χ0) is 14.4. The lowest BCUT2D eigenvalue weighted by Gasteiger charge is -2.25. The number of likely N-dealkylation sites (N-methyl/N-ethyl adjacent to an activating group) is 1. The molecule has 1 aromatic rings. The van der Waals surface area contributed by atoms with E-state index in [1.165, 1.54) is 12.8 Å². The van der Waals surface area contributed by atoms with Gasteiger partial charge in [-0.2, -0.15) is 0 Å². The van der Waals surface area contributed by atoms with Crippen molar-refractivity contribution in [2.75, 3.05) is 13.7 Å². The highest BCUT2D eigenvalue weighted by atomic mass is 35.5. The lowest BCUT2D eigenvalue weighted by Crippen LogP contribution is -2.30. The van der Waals surface area contributed by atoms with Gasteiger partial charge in [-0.1, -0.05) is 23.7 Å². The van der Waals surface area contributed by atoms with E-state index < -0.39 is 0 Å². The summed E-state index contributed by atoms with van der Waals surface area (Å²) in [4.78, 5) is 0. The van der Waals surface area contributed by atoms with Gasteiger partial charge in [0, 0.05) is 12.6 Å². The molecule has 2 rings (SSSR count). The minimum atomic E-state index is -0.289. The van der Waals surface area contributed by atoms with Crippen LogP contribution in [-0.4, -0.2) is 25.8 Å². The van der Waals surface area contributed by atoms with Crippen LogP contribution in [0.4, 0.5) is 4.39 Å². The highest BCUT2D eigenvalue weighted by Gasteiger charge is 2.17. The minimum Gasteiger partial charge on any atom is -0.378 e. The molecule has 0 amide bonds. The van der Waals surface area contributed by atoms with Gasteiger partial charge in [-0.3, -0.25) is 0 Å². The Hall–Kier alpha value is -0.640. The van der Waals surface area contributed by atoms with Crippen LogP contribution in [0.5, 0.6) is 0 Å². The Kier molecular flexibility index (Phi) is 6.27. The molecule has 0 saturated carbocycles. The molecule has 0 bridgehead atoms. The van der Waals surface area contributed by atoms with E-state index in [2.05, 4.69) is 5.32 Å². The van der Waals surface area contributed by atoms with E-state index in [1.54, 1.807) is 12.1 Å². The summed E-state index contributed by atoms with van der Waals surface area (Å²) in [5, 5.41) is 3.47. The van der Waals surface area contributed by atoms with Crippen molar-refractivity contribution in [1.29, 1.82) is 0 Å². The van der Waals surface area contributed by atoms with Crippen LogP contribution >= 0.6 is 11.6 Å². The molecule has 1 aromatic carbocycles. The molecule has 1 saturated heterocycles. The van der Waals surface area contributed by atoms with Crippen molar-refractivity contribution in [2.24, 2.45) is 0 Å². The number of hydrogen-bond donors (Lipinski definition) is 1. The number of halogens is 2. The maximum atomic E-state index is 13.9. The number of hydrogen-bond acceptors (Lipinski definition) is 2. The molecule has 1 heterocycles. The van der Waals surface area contributed by atoms with Crippen molar-refractivity contribution >= 4 is 11.6 Å². The molecule has 2 unspecified atom stereocenters. The highest BCUT2D eigenvalue weighted by Crippen LogP contribution is 2.22. The molecule has 2 nitrogen and oxygen atoms in total. The predicted molar refractivity (Wildman–Crippen MR) is 80.8 cm³/mol. The van der Waals surface area contributed by atoms with E-state index in [9.17, 15) is 4.39 Å². The summed E-state index contributed by atoms with van der Waals surface area (Å²) in [7, 11) is 1.93. The van der Waals surface area contributed by atoms with Crippen LogP contribution in [0, 0.1) is 5.82 Å². The van der Waals surface area contributed by atoms with Gasteiger partial charge in [-0.15, -0.1) is 0 Å².